The van der Waals surface area contributed by atoms with Crippen molar-refractivity contribution in [3.63, 3.8) is 0 Å². The molecule has 0 atom stereocenters. The molecule has 4 aromatic rings. The molecule has 122 valence electrons. The topological polar surface area (TPSA) is 3.24 Å². The van der Waals surface area contributed by atoms with E-state index < -0.39 is 0 Å². The van der Waals surface area contributed by atoms with Crippen LogP contribution in [0.2, 0.25) is 0 Å². The Bertz CT molecular complexity index is 965. The van der Waals surface area contributed by atoms with E-state index in [4.69, 9.17) is 0 Å². The van der Waals surface area contributed by atoms with Gasteiger partial charge in [-0.3, -0.25) is 0 Å². The summed E-state index contributed by atoms with van der Waals surface area (Å²) in [7, 11) is 0. The zero-order valence-electron chi connectivity index (χ0n) is 13.4. The number of hydrogen-bond acceptors (Lipinski definition) is 1. The zero-order valence-corrected chi connectivity index (χ0v) is 14.9. The van der Waals surface area contributed by atoms with Crippen LogP contribution in [0.5, 0.6) is 0 Å². The highest BCUT2D eigenvalue weighted by Gasteiger charge is 2.13. The molecule has 25 heavy (non-hydrogen) atoms. The fourth-order valence-electron chi connectivity index (χ4n) is 2.94. The minimum Gasteiger partial charge on any atom is -0.310 e. The summed E-state index contributed by atoms with van der Waals surface area (Å²) in [5.74, 6) is -0.238. The van der Waals surface area contributed by atoms with Gasteiger partial charge in [-0.25, -0.2) is 4.39 Å². The third-order valence-electron chi connectivity index (χ3n) is 4.16. The largest absolute Gasteiger partial charge is 0.310 e. The molecule has 1 nitrogen and oxygen atoms in total. The molecule has 0 amide bonds. The predicted octanol–water partition coefficient (Wildman–Crippen LogP) is 7.21. The molecule has 0 heterocycles. The minimum atomic E-state index is -0.238. The van der Waals surface area contributed by atoms with Crippen molar-refractivity contribution in [3.8, 4) is 0 Å². The van der Waals surface area contributed by atoms with Crippen LogP contribution in [0.25, 0.3) is 10.8 Å². The molecule has 0 aliphatic rings. The Morgan fingerprint density at radius 2 is 1.16 bits per heavy atom. The molecule has 0 unspecified atom stereocenters. The molecule has 0 saturated carbocycles. The quantitative estimate of drug-likeness (QED) is 0.356. The van der Waals surface area contributed by atoms with Crippen LogP contribution in [0.3, 0.4) is 0 Å². The number of anilines is 3. The van der Waals surface area contributed by atoms with E-state index >= 15 is 0 Å². The van der Waals surface area contributed by atoms with E-state index in [0.29, 0.717) is 0 Å². The Hall–Kier alpha value is -2.65. The van der Waals surface area contributed by atoms with Crippen LogP contribution in [0.1, 0.15) is 0 Å². The molecule has 4 rings (SSSR count). The van der Waals surface area contributed by atoms with Gasteiger partial charge in [0.15, 0.2) is 0 Å². The molecule has 0 aliphatic carbocycles. The van der Waals surface area contributed by atoms with Gasteiger partial charge in [-0.15, -0.1) is 0 Å². The van der Waals surface area contributed by atoms with Gasteiger partial charge in [0.1, 0.15) is 5.82 Å². The second-order valence-corrected chi connectivity index (χ2v) is 6.74. The highest BCUT2D eigenvalue weighted by Crippen LogP contribution is 2.36. The van der Waals surface area contributed by atoms with Crippen LogP contribution in [0.4, 0.5) is 21.5 Å². The summed E-state index contributed by atoms with van der Waals surface area (Å²) in [5.41, 5.74) is 2.97. The number of fused-ring (bicyclic) bond motifs is 1. The molecule has 0 aromatic heterocycles. The van der Waals surface area contributed by atoms with Crippen LogP contribution in [-0.4, -0.2) is 0 Å². The van der Waals surface area contributed by atoms with Gasteiger partial charge in [-0.2, -0.15) is 0 Å². The lowest BCUT2D eigenvalue weighted by Gasteiger charge is -2.25. The first kappa shape index (κ1) is 15.9. The van der Waals surface area contributed by atoms with Crippen molar-refractivity contribution >= 4 is 43.8 Å². The first-order chi connectivity index (χ1) is 12.2. The summed E-state index contributed by atoms with van der Waals surface area (Å²) >= 11 is 3.48. The van der Waals surface area contributed by atoms with Gasteiger partial charge in [0.25, 0.3) is 0 Å². The van der Waals surface area contributed by atoms with Crippen LogP contribution < -0.4 is 4.90 Å². The van der Waals surface area contributed by atoms with Gasteiger partial charge in [0, 0.05) is 21.5 Å². The minimum absolute atomic E-state index is 0.238. The summed E-state index contributed by atoms with van der Waals surface area (Å²) < 4.78 is 14.4. The lowest BCUT2D eigenvalue weighted by molar-refractivity contribution is 0.628. The highest BCUT2D eigenvalue weighted by molar-refractivity contribution is 9.10. The summed E-state index contributed by atoms with van der Waals surface area (Å²) in [5, 5.41) is 2.37. The number of halogens is 2. The molecular weight excluding hydrogens is 377 g/mol. The summed E-state index contributed by atoms with van der Waals surface area (Å²) in [4.78, 5) is 2.12. The van der Waals surface area contributed by atoms with Crippen molar-refractivity contribution in [2.45, 2.75) is 0 Å². The van der Waals surface area contributed by atoms with Crippen molar-refractivity contribution in [1.29, 1.82) is 0 Å². The number of rotatable bonds is 3. The maximum atomic E-state index is 13.4. The maximum absolute atomic E-state index is 13.4. The van der Waals surface area contributed by atoms with E-state index in [9.17, 15) is 4.39 Å². The van der Waals surface area contributed by atoms with Crippen molar-refractivity contribution in [2.75, 3.05) is 4.90 Å². The lowest BCUT2D eigenvalue weighted by Crippen LogP contribution is -2.09. The van der Waals surface area contributed by atoms with Gasteiger partial charge in [0.2, 0.25) is 0 Å². The van der Waals surface area contributed by atoms with Gasteiger partial charge >= 0.3 is 0 Å². The molecule has 0 spiro atoms. The average Bonchev–Trinajstić information content (AvgIpc) is 2.65. The molecule has 0 aliphatic heterocycles. The van der Waals surface area contributed by atoms with Gasteiger partial charge in [-0.05, 0) is 71.4 Å². The molecule has 4 aromatic carbocycles. The van der Waals surface area contributed by atoms with Crippen LogP contribution in [0, 0.1) is 5.82 Å². The predicted molar refractivity (Wildman–Crippen MR) is 106 cm³/mol. The Kier molecular flexibility index (Phi) is 4.24. The van der Waals surface area contributed by atoms with Crippen molar-refractivity contribution in [2.24, 2.45) is 0 Å². The van der Waals surface area contributed by atoms with Gasteiger partial charge in [-0.1, -0.05) is 46.3 Å². The van der Waals surface area contributed by atoms with E-state index in [1.165, 1.54) is 22.9 Å². The molecule has 0 fully saturated rings. The van der Waals surface area contributed by atoms with Crippen molar-refractivity contribution < 1.29 is 4.39 Å². The Balaban J connectivity index is 1.88. The third kappa shape index (κ3) is 3.28. The molecule has 3 heteroatoms. The molecular formula is C22H15BrFN. The standard InChI is InChI=1S/C22H15BrFN/c23-18-6-11-20(12-7-18)25(21-13-8-19(24)9-14-21)22-10-5-16-3-1-2-4-17(16)15-22/h1-15H. The monoisotopic (exact) mass is 391 g/mol. The normalized spacial score (nSPS) is 10.8. The van der Waals surface area contributed by atoms with E-state index in [0.717, 1.165) is 21.5 Å². The van der Waals surface area contributed by atoms with E-state index in [2.05, 4.69) is 51.2 Å². The van der Waals surface area contributed by atoms with Crippen LogP contribution >= 0.6 is 15.9 Å². The SMILES string of the molecule is Fc1ccc(N(c2ccc(Br)cc2)c2ccc3ccccc3c2)cc1. The maximum Gasteiger partial charge on any atom is 0.123 e. The molecule has 0 radical (unpaired) electrons. The Morgan fingerprint density at radius 1 is 0.600 bits per heavy atom. The van der Waals surface area contributed by atoms with Crippen molar-refractivity contribution in [1.82, 2.24) is 0 Å². The fourth-order valence-corrected chi connectivity index (χ4v) is 3.21. The average molecular weight is 392 g/mol. The second-order valence-electron chi connectivity index (χ2n) is 5.82. The number of hydrogen-bond donors (Lipinski definition) is 0. The Labute approximate surface area is 154 Å². The first-order valence-corrected chi connectivity index (χ1v) is 8.80. The molecule has 0 bridgehead atoms. The first-order valence-electron chi connectivity index (χ1n) is 8.01. The molecule has 0 N–H and O–H groups in total. The third-order valence-corrected chi connectivity index (χ3v) is 4.69. The highest BCUT2D eigenvalue weighted by atomic mass is 79.9. The fraction of sp³-hybridized carbons (Fsp3) is 0. The lowest BCUT2D eigenvalue weighted by atomic mass is 10.1. The Morgan fingerprint density at radius 3 is 1.84 bits per heavy atom. The summed E-state index contributed by atoms with van der Waals surface area (Å²) in [6, 6.07) is 29.3. The summed E-state index contributed by atoms with van der Waals surface area (Å²) in [6.07, 6.45) is 0. The number of benzene rings is 4. The smallest absolute Gasteiger partial charge is 0.123 e. The summed E-state index contributed by atoms with van der Waals surface area (Å²) in [6.45, 7) is 0. The second kappa shape index (κ2) is 6.69. The van der Waals surface area contributed by atoms with Crippen molar-refractivity contribution in [3.05, 3.63) is 101 Å². The molecule has 0 saturated heterocycles. The van der Waals surface area contributed by atoms with Gasteiger partial charge in [0.05, 0.1) is 0 Å². The van der Waals surface area contributed by atoms with E-state index in [-0.39, 0.29) is 5.82 Å². The van der Waals surface area contributed by atoms with E-state index in [1.54, 1.807) is 12.1 Å². The van der Waals surface area contributed by atoms with Crippen LogP contribution in [0.15, 0.2) is 95.5 Å². The number of nitrogens with zero attached hydrogens (tertiary/aromatic N) is 1. The van der Waals surface area contributed by atoms with Crippen LogP contribution in [-0.2, 0) is 0 Å². The zero-order chi connectivity index (χ0) is 17.2. The van der Waals surface area contributed by atoms with E-state index in [1.807, 2.05) is 36.4 Å². The van der Waals surface area contributed by atoms with Gasteiger partial charge < -0.3 is 4.90 Å².